The highest BCUT2D eigenvalue weighted by atomic mass is 79.9. The van der Waals surface area contributed by atoms with Gasteiger partial charge < -0.3 is 0 Å². The summed E-state index contributed by atoms with van der Waals surface area (Å²) in [6, 6.07) is 5.92. The molecule has 1 aliphatic carbocycles. The molecule has 0 unspecified atom stereocenters. The standard InChI is InChI=1S/C15H12Br2O/c16-13-8-11(9-14(17)10-13)6-7-15(18)12-4-2-1-3-5-12/h1-2,4,6-10H,3,5H2/b7-6+. The first-order chi connectivity index (χ1) is 8.65. The third kappa shape index (κ3) is 3.79. The van der Waals surface area contributed by atoms with Crippen molar-refractivity contribution in [3.05, 3.63) is 62.6 Å². The van der Waals surface area contributed by atoms with Crippen molar-refractivity contribution in [2.45, 2.75) is 12.8 Å². The first-order valence-corrected chi connectivity index (χ1v) is 7.28. The van der Waals surface area contributed by atoms with Gasteiger partial charge in [-0.15, -0.1) is 0 Å². The molecule has 1 aromatic rings. The molecule has 0 radical (unpaired) electrons. The average Bonchev–Trinajstić information content (AvgIpc) is 2.36. The minimum absolute atomic E-state index is 0.0930. The zero-order valence-electron chi connectivity index (χ0n) is 9.70. The number of hydrogen-bond donors (Lipinski definition) is 0. The van der Waals surface area contributed by atoms with Crippen LogP contribution in [0.1, 0.15) is 18.4 Å². The minimum Gasteiger partial charge on any atom is -0.290 e. The molecule has 0 aromatic heterocycles. The van der Waals surface area contributed by atoms with Gasteiger partial charge in [0, 0.05) is 8.95 Å². The SMILES string of the molecule is O=C(/C=C/c1cc(Br)cc(Br)c1)C1=CC=CCC1. The van der Waals surface area contributed by atoms with Gasteiger partial charge in [0.05, 0.1) is 0 Å². The summed E-state index contributed by atoms with van der Waals surface area (Å²) in [7, 11) is 0. The molecular weight excluding hydrogens is 356 g/mol. The van der Waals surface area contributed by atoms with Crippen LogP contribution in [0.5, 0.6) is 0 Å². The number of carbonyl (C=O) groups excluding carboxylic acids is 1. The Hall–Kier alpha value is -0.930. The van der Waals surface area contributed by atoms with Crippen LogP contribution in [0.2, 0.25) is 0 Å². The topological polar surface area (TPSA) is 17.1 Å². The van der Waals surface area contributed by atoms with Crippen LogP contribution in [0, 0.1) is 0 Å². The molecule has 2 rings (SSSR count). The normalized spacial score (nSPS) is 14.9. The number of allylic oxidation sites excluding steroid dienone is 5. The molecule has 1 aliphatic rings. The summed E-state index contributed by atoms with van der Waals surface area (Å²) in [5, 5.41) is 0. The zero-order chi connectivity index (χ0) is 13.0. The molecule has 0 spiro atoms. The average molecular weight is 368 g/mol. The van der Waals surface area contributed by atoms with E-state index >= 15 is 0 Å². The summed E-state index contributed by atoms with van der Waals surface area (Å²) in [5.41, 5.74) is 1.87. The van der Waals surface area contributed by atoms with Gasteiger partial charge in [-0.2, -0.15) is 0 Å². The molecule has 3 heteroatoms. The van der Waals surface area contributed by atoms with E-state index in [2.05, 4.69) is 37.9 Å². The highest BCUT2D eigenvalue weighted by Gasteiger charge is 2.06. The number of ketones is 1. The van der Waals surface area contributed by atoms with Gasteiger partial charge in [0.25, 0.3) is 0 Å². The second kappa shape index (κ2) is 6.30. The molecule has 0 aliphatic heterocycles. The summed E-state index contributed by atoms with van der Waals surface area (Å²) < 4.78 is 1.98. The first-order valence-electron chi connectivity index (χ1n) is 5.69. The Morgan fingerprint density at radius 3 is 2.50 bits per heavy atom. The second-order valence-corrected chi connectivity index (χ2v) is 5.89. The van der Waals surface area contributed by atoms with E-state index in [1.54, 1.807) is 6.08 Å². The predicted octanol–water partition coefficient (Wildman–Crippen LogP) is 5.07. The fraction of sp³-hybridized carbons (Fsp3) is 0.133. The van der Waals surface area contributed by atoms with E-state index in [4.69, 9.17) is 0 Å². The van der Waals surface area contributed by atoms with Crippen molar-refractivity contribution >= 4 is 43.7 Å². The van der Waals surface area contributed by atoms with Crippen LogP contribution in [-0.2, 0) is 4.79 Å². The van der Waals surface area contributed by atoms with Crippen molar-refractivity contribution in [2.24, 2.45) is 0 Å². The van der Waals surface area contributed by atoms with E-state index in [-0.39, 0.29) is 5.78 Å². The molecule has 92 valence electrons. The lowest BCUT2D eigenvalue weighted by Gasteiger charge is -2.04. The molecule has 0 atom stereocenters. The van der Waals surface area contributed by atoms with Gasteiger partial charge in [-0.3, -0.25) is 4.79 Å². The molecular formula is C15H12Br2O. The summed E-state index contributed by atoms with van der Waals surface area (Å²) in [6.45, 7) is 0. The molecule has 0 N–H and O–H groups in total. The van der Waals surface area contributed by atoms with Crippen LogP contribution in [0.3, 0.4) is 0 Å². The largest absolute Gasteiger partial charge is 0.290 e. The molecule has 0 saturated carbocycles. The lowest BCUT2D eigenvalue weighted by Crippen LogP contribution is -1.99. The van der Waals surface area contributed by atoms with E-state index in [1.807, 2.05) is 36.4 Å². The lowest BCUT2D eigenvalue weighted by molar-refractivity contribution is -0.111. The van der Waals surface area contributed by atoms with Gasteiger partial charge in [0.15, 0.2) is 5.78 Å². The van der Waals surface area contributed by atoms with Crippen LogP contribution in [-0.4, -0.2) is 5.78 Å². The quantitative estimate of drug-likeness (QED) is 0.681. The van der Waals surface area contributed by atoms with Crippen molar-refractivity contribution in [3.63, 3.8) is 0 Å². The lowest BCUT2D eigenvalue weighted by atomic mass is 10.0. The fourth-order valence-electron chi connectivity index (χ4n) is 1.76. The number of carbonyl (C=O) groups is 1. The van der Waals surface area contributed by atoms with Crippen molar-refractivity contribution in [2.75, 3.05) is 0 Å². The van der Waals surface area contributed by atoms with Gasteiger partial charge in [0.2, 0.25) is 0 Å². The maximum atomic E-state index is 11.9. The Bertz CT molecular complexity index is 533. The van der Waals surface area contributed by atoms with Crippen LogP contribution in [0.4, 0.5) is 0 Å². The number of rotatable bonds is 3. The summed E-state index contributed by atoms with van der Waals surface area (Å²) in [6.07, 6.45) is 11.2. The molecule has 1 aromatic carbocycles. The number of benzene rings is 1. The molecule has 0 fully saturated rings. The number of hydrogen-bond acceptors (Lipinski definition) is 1. The van der Waals surface area contributed by atoms with Gasteiger partial charge in [-0.25, -0.2) is 0 Å². The van der Waals surface area contributed by atoms with Gasteiger partial charge >= 0.3 is 0 Å². The van der Waals surface area contributed by atoms with Crippen molar-refractivity contribution in [1.29, 1.82) is 0 Å². The van der Waals surface area contributed by atoms with E-state index in [0.29, 0.717) is 0 Å². The Labute approximate surface area is 124 Å². The molecule has 0 bridgehead atoms. The molecule has 0 saturated heterocycles. The van der Waals surface area contributed by atoms with E-state index in [0.717, 1.165) is 32.9 Å². The Morgan fingerprint density at radius 2 is 1.89 bits per heavy atom. The highest BCUT2D eigenvalue weighted by molar-refractivity contribution is 9.11. The third-order valence-corrected chi connectivity index (χ3v) is 3.56. The fourth-order valence-corrected chi connectivity index (χ4v) is 3.09. The van der Waals surface area contributed by atoms with Crippen LogP contribution in [0.15, 0.2) is 57.0 Å². The predicted molar refractivity (Wildman–Crippen MR) is 82.3 cm³/mol. The van der Waals surface area contributed by atoms with Crippen molar-refractivity contribution in [3.8, 4) is 0 Å². The van der Waals surface area contributed by atoms with Crippen LogP contribution >= 0.6 is 31.9 Å². The summed E-state index contributed by atoms with van der Waals surface area (Å²) in [4.78, 5) is 11.9. The van der Waals surface area contributed by atoms with E-state index in [1.165, 1.54) is 0 Å². The van der Waals surface area contributed by atoms with Crippen molar-refractivity contribution < 1.29 is 4.79 Å². The maximum absolute atomic E-state index is 11.9. The van der Waals surface area contributed by atoms with Gasteiger partial charge in [0.1, 0.15) is 0 Å². The minimum atomic E-state index is 0.0930. The highest BCUT2D eigenvalue weighted by Crippen LogP contribution is 2.21. The van der Waals surface area contributed by atoms with Crippen LogP contribution in [0.25, 0.3) is 6.08 Å². The summed E-state index contributed by atoms with van der Waals surface area (Å²) >= 11 is 6.85. The van der Waals surface area contributed by atoms with Crippen molar-refractivity contribution in [1.82, 2.24) is 0 Å². The van der Waals surface area contributed by atoms with E-state index in [9.17, 15) is 4.79 Å². The van der Waals surface area contributed by atoms with Gasteiger partial charge in [-0.1, -0.05) is 56.2 Å². The Morgan fingerprint density at radius 1 is 1.17 bits per heavy atom. The number of halogens is 2. The first kappa shape index (κ1) is 13.5. The van der Waals surface area contributed by atoms with Gasteiger partial charge in [-0.05, 0) is 48.3 Å². The Balaban J connectivity index is 2.13. The third-order valence-electron chi connectivity index (χ3n) is 2.64. The zero-order valence-corrected chi connectivity index (χ0v) is 12.9. The van der Waals surface area contributed by atoms with Crippen LogP contribution < -0.4 is 0 Å². The maximum Gasteiger partial charge on any atom is 0.181 e. The molecule has 0 heterocycles. The molecule has 1 nitrogen and oxygen atoms in total. The second-order valence-electron chi connectivity index (χ2n) is 4.06. The summed E-state index contributed by atoms with van der Waals surface area (Å²) in [5.74, 6) is 0.0930. The molecule has 18 heavy (non-hydrogen) atoms. The molecule has 0 amide bonds. The van der Waals surface area contributed by atoms with E-state index < -0.39 is 0 Å². The smallest absolute Gasteiger partial charge is 0.181 e. The Kier molecular flexibility index (Phi) is 4.72. The monoisotopic (exact) mass is 366 g/mol.